The second-order valence-corrected chi connectivity index (χ2v) is 10.1. The van der Waals surface area contributed by atoms with Crippen molar-refractivity contribution < 1.29 is 23.1 Å². The summed E-state index contributed by atoms with van der Waals surface area (Å²) in [5, 5.41) is 5.33. The van der Waals surface area contributed by atoms with Crippen LogP contribution >= 0.6 is 0 Å². The number of fused-ring (bicyclic) bond motifs is 2. The number of nitrogens with one attached hydrogen (secondary N) is 2. The van der Waals surface area contributed by atoms with Crippen molar-refractivity contribution in [1.82, 2.24) is 34.7 Å². The van der Waals surface area contributed by atoms with Gasteiger partial charge in [0, 0.05) is 43.9 Å². The van der Waals surface area contributed by atoms with E-state index < -0.39 is 23.8 Å². The van der Waals surface area contributed by atoms with Gasteiger partial charge in [-0.05, 0) is 51.5 Å². The van der Waals surface area contributed by atoms with Crippen LogP contribution in [0.1, 0.15) is 43.9 Å². The molecular formula is C28H30F2N8O3. The number of carbonyl (C=O) groups excluding carboxylic acids is 2. The monoisotopic (exact) mass is 564 g/mol. The van der Waals surface area contributed by atoms with E-state index in [0.29, 0.717) is 36.7 Å². The number of anilines is 2. The molecule has 5 rings (SSSR count). The minimum Gasteiger partial charge on any atom is -0.436 e. The molecule has 0 radical (unpaired) electrons. The first-order chi connectivity index (χ1) is 19.5. The van der Waals surface area contributed by atoms with Crippen molar-refractivity contribution in [3.8, 4) is 11.3 Å². The van der Waals surface area contributed by atoms with Crippen molar-refractivity contribution in [2.75, 3.05) is 18.9 Å². The number of hydrogen-bond acceptors (Lipinski definition) is 8. The van der Waals surface area contributed by atoms with Gasteiger partial charge in [-0.15, -0.1) is 0 Å². The van der Waals surface area contributed by atoms with Crippen LogP contribution in [-0.2, 0) is 22.5 Å². The van der Waals surface area contributed by atoms with Crippen LogP contribution < -0.4 is 10.6 Å². The van der Waals surface area contributed by atoms with Gasteiger partial charge in [0.1, 0.15) is 22.9 Å². The second kappa shape index (κ2) is 11.1. The van der Waals surface area contributed by atoms with Gasteiger partial charge in [0.25, 0.3) is 5.91 Å². The Balaban J connectivity index is 1.36. The van der Waals surface area contributed by atoms with Crippen LogP contribution in [0.25, 0.3) is 22.3 Å². The number of halogens is 2. The molecule has 0 unspecified atom stereocenters. The van der Waals surface area contributed by atoms with E-state index in [0.717, 1.165) is 17.5 Å². The number of amides is 2. The van der Waals surface area contributed by atoms with Crippen molar-refractivity contribution in [2.45, 2.75) is 52.8 Å². The second-order valence-electron chi connectivity index (χ2n) is 10.1. The van der Waals surface area contributed by atoms with E-state index in [-0.39, 0.29) is 34.7 Å². The van der Waals surface area contributed by atoms with Crippen molar-refractivity contribution in [3.05, 3.63) is 59.2 Å². The molecule has 13 heteroatoms. The van der Waals surface area contributed by atoms with Crippen LogP contribution in [0.4, 0.5) is 25.3 Å². The summed E-state index contributed by atoms with van der Waals surface area (Å²) in [7, 11) is 1.43. The van der Waals surface area contributed by atoms with Gasteiger partial charge in [0.15, 0.2) is 17.7 Å². The highest BCUT2D eigenvalue weighted by atomic mass is 19.1. The van der Waals surface area contributed by atoms with Gasteiger partial charge in [0.2, 0.25) is 5.95 Å². The lowest BCUT2D eigenvalue weighted by molar-refractivity contribution is -0.140. The molecule has 3 aromatic heterocycles. The molecule has 0 bridgehead atoms. The van der Waals surface area contributed by atoms with Crippen molar-refractivity contribution in [1.29, 1.82) is 0 Å². The summed E-state index contributed by atoms with van der Waals surface area (Å²) < 4.78 is 36.8. The Morgan fingerprint density at radius 1 is 1.07 bits per heavy atom. The molecule has 0 spiro atoms. The fourth-order valence-electron chi connectivity index (χ4n) is 5.00. The SMILES string of the molecule is CNC(=O)O[C@H](C)C(=O)N1CCc2nc(Nc3ncc(F)c(-c4cc(F)c5nc(C)n(C(C)C)c5c4)n3)ccc2C1. The Labute approximate surface area is 235 Å². The number of alkyl carbamates (subject to hydrolysis) is 1. The van der Waals surface area contributed by atoms with Crippen molar-refractivity contribution in [3.63, 3.8) is 0 Å². The molecule has 41 heavy (non-hydrogen) atoms. The molecule has 0 saturated heterocycles. The number of aromatic nitrogens is 5. The molecule has 2 N–H and O–H groups in total. The zero-order valence-electron chi connectivity index (χ0n) is 23.3. The lowest BCUT2D eigenvalue weighted by Crippen LogP contribution is -2.43. The largest absolute Gasteiger partial charge is 0.436 e. The molecular weight excluding hydrogens is 534 g/mol. The summed E-state index contributed by atoms with van der Waals surface area (Å²) in [5.74, 6) is -0.363. The molecule has 0 aliphatic carbocycles. The maximum Gasteiger partial charge on any atom is 0.407 e. The number of benzene rings is 1. The summed E-state index contributed by atoms with van der Waals surface area (Å²) in [4.78, 5) is 43.1. The predicted molar refractivity (Wildman–Crippen MR) is 147 cm³/mol. The number of ether oxygens (including phenoxy) is 1. The summed E-state index contributed by atoms with van der Waals surface area (Å²) in [5.41, 5.74) is 2.61. The van der Waals surface area contributed by atoms with Gasteiger partial charge in [0.05, 0.1) is 11.7 Å². The minimum atomic E-state index is -0.917. The predicted octanol–water partition coefficient (Wildman–Crippen LogP) is 4.43. The standard InChI is InChI=1S/C28H30F2N8O3/c1-14(2)38-16(4)33-25-19(29)10-18(11-22(25)38)24-20(30)12-32-27(36-24)35-23-7-6-17-13-37(9-8-21(17)34-23)26(39)15(3)41-28(40)31-5/h6-7,10-12,14-15H,8-9,13H2,1-5H3,(H,31,40)(H,32,34,35,36)/t15-/m1/s1. The topological polar surface area (TPSA) is 127 Å². The Morgan fingerprint density at radius 3 is 2.59 bits per heavy atom. The highest BCUT2D eigenvalue weighted by Gasteiger charge is 2.27. The summed E-state index contributed by atoms with van der Waals surface area (Å²) in [6.07, 6.45) is -0.0722. The first-order valence-corrected chi connectivity index (χ1v) is 13.2. The lowest BCUT2D eigenvalue weighted by atomic mass is 10.1. The normalized spacial score (nSPS) is 13.7. The number of rotatable bonds is 6. The minimum absolute atomic E-state index is 0.0294. The number of nitrogens with zero attached hydrogens (tertiary/aromatic N) is 6. The molecule has 4 heterocycles. The van der Waals surface area contributed by atoms with Gasteiger partial charge in [-0.2, -0.15) is 0 Å². The summed E-state index contributed by atoms with van der Waals surface area (Å²) in [6.45, 7) is 7.99. The van der Waals surface area contributed by atoms with E-state index in [1.54, 1.807) is 24.0 Å². The average Bonchev–Trinajstić information content (AvgIpc) is 3.29. The van der Waals surface area contributed by atoms with Crippen LogP contribution in [0, 0.1) is 18.6 Å². The van der Waals surface area contributed by atoms with Gasteiger partial charge in [-0.3, -0.25) is 4.79 Å². The van der Waals surface area contributed by atoms with Crippen LogP contribution in [0.2, 0.25) is 0 Å². The highest BCUT2D eigenvalue weighted by molar-refractivity contribution is 5.84. The van der Waals surface area contributed by atoms with Crippen LogP contribution in [0.15, 0.2) is 30.5 Å². The van der Waals surface area contributed by atoms with Crippen LogP contribution in [0.5, 0.6) is 0 Å². The van der Waals surface area contributed by atoms with Crippen LogP contribution in [0.3, 0.4) is 0 Å². The number of hydrogen-bond donors (Lipinski definition) is 2. The lowest BCUT2D eigenvalue weighted by Gasteiger charge is -2.30. The molecule has 1 aliphatic rings. The third kappa shape index (κ3) is 5.52. The zero-order valence-corrected chi connectivity index (χ0v) is 23.3. The molecule has 4 aromatic rings. The molecule has 1 aromatic carbocycles. The van der Waals surface area contributed by atoms with Gasteiger partial charge in [-0.1, -0.05) is 6.07 Å². The van der Waals surface area contributed by atoms with Crippen LogP contribution in [-0.4, -0.2) is 61.1 Å². The van der Waals surface area contributed by atoms with Gasteiger partial charge in [-0.25, -0.2) is 33.5 Å². The maximum absolute atomic E-state index is 15.0. The molecule has 1 aliphatic heterocycles. The van der Waals surface area contributed by atoms with E-state index in [2.05, 4.69) is 30.6 Å². The number of carbonyl (C=O) groups is 2. The zero-order chi connectivity index (χ0) is 29.4. The average molecular weight is 565 g/mol. The third-order valence-corrected chi connectivity index (χ3v) is 6.89. The Morgan fingerprint density at radius 2 is 1.85 bits per heavy atom. The molecule has 0 fully saturated rings. The quantitative estimate of drug-likeness (QED) is 0.352. The van der Waals surface area contributed by atoms with Gasteiger partial charge < -0.3 is 24.8 Å². The number of pyridine rings is 1. The number of imidazole rings is 1. The Hall–Kier alpha value is -4.68. The maximum atomic E-state index is 15.0. The first kappa shape index (κ1) is 27.9. The fraction of sp³-hybridized carbons (Fsp3) is 0.357. The fourth-order valence-corrected chi connectivity index (χ4v) is 5.00. The highest BCUT2D eigenvalue weighted by Crippen LogP contribution is 2.30. The Kier molecular flexibility index (Phi) is 7.52. The first-order valence-electron chi connectivity index (χ1n) is 13.2. The molecule has 11 nitrogen and oxygen atoms in total. The molecule has 2 amide bonds. The van der Waals surface area contributed by atoms with E-state index >= 15 is 4.39 Å². The van der Waals surface area contributed by atoms with Crippen molar-refractivity contribution in [2.24, 2.45) is 0 Å². The Bertz CT molecular complexity index is 1660. The van der Waals surface area contributed by atoms with Gasteiger partial charge >= 0.3 is 6.09 Å². The van der Waals surface area contributed by atoms with Crippen molar-refractivity contribution >= 4 is 34.8 Å². The van der Waals surface area contributed by atoms with E-state index in [4.69, 9.17) is 4.74 Å². The smallest absolute Gasteiger partial charge is 0.407 e. The summed E-state index contributed by atoms with van der Waals surface area (Å²) >= 11 is 0. The molecule has 214 valence electrons. The molecule has 0 saturated carbocycles. The third-order valence-electron chi connectivity index (χ3n) is 6.89. The van der Waals surface area contributed by atoms with E-state index in [9.17, 15) is 14.0 Å². The number of aryl methyl sites for hydroxylation is 1. The van der Waals surface area contributed by atoms with E-state index in [1.807, 2.05) is 24.5 Å². The summed E-state index contributed by atoms with van der Waals surface area (Å²) in [6, 6.07) is 6.47. The van der Waals surface area contributed by atoms with E-state index in [1.165, 1.54) is 20.0 Å². The molecule has 1 atom stereocenters.